The molecule has 0 fully saturated rings. The Morgan fingerprint density at radius 2 is 2.00 bits per heavy atom. The van der Waals surface area contributed by atoms with Crippen molar-refractivity contribution >= 4 is 22.8 Å². The first-order chi connectivity index (χ1) is 11.9. The Bertz CT molecular complexity index is 1120. The summed E-state index contributed by atoms with van der Waals surface area (Å²) in [5.41, 5.74) is 1.28. The summed E-state index contributed by atoms with van der Waals surface area (Å²) in [6.07, 6.45) is 0. The molecule has 0 saturated carbocycles. The topological polar surface area (TPSA) is 92.7 Å². The molecule has 0 aliphatic heterocycles. The predicted molar refractivity (Wildman–Crippen MR) is 97.2 cm³/mol. The van der Waals surface area contributed by atoms with Crippen LogP contribution >= 0.6 is 11.3 Å². The molecule has 0 radical (unpaired) electrons. The van der Waals surface area contributed by atoms with Crippen LogP contribution in [0.4, 0.5) is 11.5 Å². The smallest absolute Gasteiger partial charge is 0.332 e. The molecule has 0 unspecified atom stereocenters. The molecule has 0 saturated heterocycles. The number of hydrogen-bond acceptors (Lipinski definition) is 6. The van der Waals surface area contributed by atoms with Crippen molar-refractivity contribution in [2.45, 2.75) is 6.92 Å². The second-order valence-electron chi connectivity index (χ2n) is 5.54. The summed E-state index contributed by atoms with van der Waals surface area (Å²) < 4.78 is 2.17. The van der Waals surface area contributed by atoms with E-state index in [1.165, 1.54) is 30.0 Å². The van der Waals surface area contributed by atoms with Crippen molar-refractivity contribution in [2.75, 3.05) is 5.32 Å². The van der Waals surface area contributed by atoms with Crippen LogP contribution < -0.4 is 16.6 Å². The Morgan fingerprint density at radius 1 is 1.24 bits per heavy atom. The second kappa shape index (κ2) is 6.37. The van der Waals surface area contributed by atoms with E-state index in [-0.39, 0.29) is 11.4 Å². The zero-order chi connectivity index (χ0) is 18.1. The minimum absolute atomic E-state index is 0.111. The molecular formula is C17H15N5O2S. The molecule has 0 aliphatic carbocycles. The lowest BCUT2D eigenvalue weighted by Gasteiger charge is -2.14. The van der Waals surface area contributed by atoms with Gasteiger partial charge < -0.3 is 5.32 Å². The normalized spacial score (nSPS) is 10.5. The highest BCUT2D eigenvalue weighted by molar-refractivity contribution is 7.13. The summed E-state index contributed by atoms with van der Waals surface area (Å²) in [5.74, 6) is 0.170. The van der Waals surface area contributed by atoms with Gasteiger partial charge in [0.05, 0.1) is 0 Å². The lowest BCUT2D eigenvalue weighted by Crippen LogP contribution is -2.39. The molecule has 2 aromatic heterocycles. The average Bonchev–Trinajstić information content (AvgIpc) is 3.05. The molecule has 7 nitrogen and oxygen atoms in total. The fourth-order valence-corrected chi connectivity index (χ4v) is 3.24. The van der Waals surface area contributed by atoms with Crippen molar-refractivity contribution in [2.24, 2.45) is 14.1 Å². The highest BCUT2D eigenvalue weighted by atomic mass is 32.1. The Morgan fingerprint density at radius 3 is 2.64 bits per heavy atom. The van der Waals surface area contributed by atoms with Crippen molar-refractivity contribution in [1.29, 1.82) is 5.26 Å². The average molecular weight is 353 g/mol. The lowest BCUT2D eigenvalue weighted by molar-refractivity contribution is 0.689. The fourth-order valence-electron chi connectivity index (χ4n) is 2.44. The fraction of sp³-hybridized carbons (Fsp3) is 0.176. The van der Waals surface area contributed by atoms with Crippen LogP contribution in [-0.2, 0) is 14.1 Å². The van der Waals surface area contributed by atoms with E-state index < -0.39 is 11.2 Å². The largest absolute Gasteiger partial charge is 0.340 e. The zero-order valence-electron chi connectivity index (χ0n) is 13.9. The number of anilines is 2. The Balaban J connectivity index is 2.09. The third-order valence-corrected chi connectivity index (χ3v) is 4.78. The third kappa shape index (κ3) is 2.97. The van der Waals surface area contributed by atoms with Crippen molar-refractivity contribution in [1.82, 2.24) is 14.1 Å². The Hall–Kier alpha value is -3.18. The monoisotopic (exact) mass is 353 g/mol. The Kier molecular flexibility index (Phi) is 4.25. The molecule has 1 aromatic carbocycles. The van der Waals surface area contributed by atoms with E-state index >= 15 is 0 Å². The summed E-state index contributed by atoms with van der Waals surface area (Å²) in [7, 11) is 2.86. The highest BCUT2D eigenvalue weighted by Gasteiger charge is 2.15. The molecule has 8 heteroatoms. The quantitative estimate of drug-likeness (QED) is 0.779. The van der Waals surface area contributed by atoms with Gasteiger partial charge in [-0.15, -0.1) is 11.3 Å². The highest BCUT2D eigenvalue weighted by Crippen LogP contribution is 2.27. The van der Waals surface area contributed by atoms with Gasteiger partial charge in [0.1, 0.15) is 16.9 Å². The molecule has 25 heavy (non-hydrogen) atoms. The number of nitrogens with zero attached hydrogens (tertiary/aromatic N) is 4. The first kappa shape index (κ1) is 16.7. The van der Waals surface area contributed by atoms with Crippen LogP contribution in [0.2, 0.25) is 0 Å². The molecule has 0 atom stereocenters. The summed E-state index contributed by atoms with van der Waals surface area (Å²) in [6.45, 7) is 1.93. The number of rotatable bonds is 3. The van der Waals surface area contributed by atoms with E-state index in [1.807, 2.05) is 36.6 Å². The number of aromatic nitrogens is 3. The van der Waals surface area contributed by atoms with Gasteiger partial charge in [-0.05, 0) is 19.1 Å². The van der Waals surface area contributed by atoms with Crippen molar-refractivity contribution in [3.63, 3.8) is 0 Å². The van der Waals surface area contributed by atoms with E-state index in [0.717, 1.165) is 20.8 Å². The number of nitriles is 1. The van der Waals surface area contributed by atoms with Crippen molar-refractivity contribution in [3.05, 3.63) is 61.7 Å². The van der Waals surface area contributed by atoms with E-state index in [1.54, 1.807) is 6.07 Å². The van der Waals surface area contributed by atoms with Gasteiger partial charge in [-0.3, -0.25) is 13.9 Å². The van der Waals surface area contributed by atoms with E-state index in [4.69, 9.17) is 0 Å². The van der Waals surface area contributed by atoms with E-state index in [2.05, 4.69) is 10.3 Å². The van der Waals surface area contributed by atoms with Gasteiger partial charge in [-0.1, -0.05) is 12.1 Å². The van der Waals surface area contributed by atoms with Crippen molar-refractivity contribution < 1.29 is 0 Å². The first-order valence-electron chi connectivity index (χ1n) is 7.42. The van der Waals surface area contributed by atoms with Crippen LogP contribution in [0.25, 0.3) is 10.6 Å². The number of nitrogens with one attached hydrogen (secondary N) is 1. The maximum Gasteiger partial charge on any atom is 0.332 e. The van der Waals surface area contributed by atoms with Crippen molar-refractivity contribution in [3.8, 4) is 16.6 Å². The Labute approximate surface area is 147 Å². The van der Waals surface area contributed by atoms with Crippen LogP contribution in [0.15, 0.2) is 39.2 Å². The molecular weight excluding hydrogens is 338 g/mol. The summed E-state index contributed by atoms with van der Waals surface area (Å²) in [6, 6.07) is 9.31. The molecule has 0 aliphatic rings. The van der Waals surface area contributed by atoms with Gasteiger partial charge in [-0.25, -0.2) is 9.78 Å². The van der Waals surface area contributed by atoms with Crippen LogP contribution in [0.1, 0.15) is 11.3 Å². The van der Waals surface area contributed by atoms with Gasteiger partial charge in [-0.2, -0.15) is 5.26 Å². The molecule has 0 amide bonds. The third-order valence-electron chi connectivity index (χ3n) is 3.77. The number of thiazole rings is 1. The molecule has 2 heterocycles. The first-order valence-corrected chi connectivity index (χ1v) is 8.30. The summed E-state index contributed by atoms with van der Waals surface area (Å²) in [5, 5.41) is 15.2. The van der Waals surface area contributed by atoms with Gasteiger partial charge >= 0.3 is 5.69 Å². The van der Waals surface area contributed by atoms with Crippen LogP contribution in [0.5, 0.6) is 0 Å². The molecule has 0 spiro atoms. The molecule has 126 valence electrons. The van der Waals surface area contributed by atoms with E-state index in [0.29, 0.717) is 5.69 Å². The maximum atomic E-state index is 12.2. The summed E-state index contributed by atoms with van der Waals surface area (Å²) >= 11 is 1.54. The number of aryl methyl sites for hydroxylation is 1. The predicted octanol–water partition coefficient (Wildman–Crippen LogP) is 2.13. The van der Waals surface area contributed by atoms with Crippen LogP contribution in [-0.4, -0.2) is 14.1 Å². The standard InChI is InChI=1S/C17H15N5O2S/c1-10-9-25-15(19-10)11-5-4-6-12(7-11)20-14-13(8-18)16(23)22(3)17(24)21(14)2/h4-7,9,20H,1-3H3. The number of hydrogen-bond donors (Lipinski definition) is 1. The molecule has 1 N–H and O–H groups in total. The molecule has 0 bridgehead atoms. The maximum absolute atomic E-state index is 12.2. The van der Waals surface area contributed by atoms with Gasteiger partial charge in [0.2, 0.25) is 0 Å². The molecule has 3 aromatic rings. The SMILES string of the molecule is Cc1csc(-c2cccc(Nc3c(C#N)c(=O)n(C)c(=O)n3C)c2)n1. The number of benzene rings is 1. The second-order valence-corrected chi connectivity index (χ2v) is 6.40. The van der Waals surface area contributed by atoms with Crippen LogP contribution in [0.3, 0.4) is 0 Å². The van der Waals surface area contributed by atoms with Gasteiger partial charge in [0, 0.05) is 36.4 Å². The summed E-state index contributed by atoms with van der Waals surface area (Å²) in [4.78, 5) is 28.7. The lowest BCUT2D eigenvalue weighted by atomic mass is 10.2. The van der Waals surface area contributed by atoms with Gasteiger partial charge in [0.25, 0.3) is 5.56 Å². The van der Waals surface area contributed by atoms with E-state index in [9.17, 15) is 14.9 Å². The zero-order valence-corrected chi connectivity index (χ0v) is 14.7. The minimum atomic E-state index is -0.625. The van der Waals surface area contributed by atoms with Gasteiger partial charge in [0.15, 0.2) is 5.56 Å². The van der Waals surface area contributed by atoms with Crippen LogP contribution in [0, 0.1) is 18.3 Å². The minimum Gasteiger partial charge on any atom is -0.340 e. The molecule has 3 rings (SSSR count).